The van der Waals surface area contributed by atoms with Crippen LogP contribution in [0.4, 0.5) is 4.79 Å². The fourth-order valence-electron chi connectivity index (χ4n) is 2.54. The Labute approximate surface area is 160 Å². The molecule has 1 aliphatic rings. The van der Waals surface area contributed by atoms with Gasteiger partial charge in [-0.2, -0.15) is 0 Å². The van der Waals surface area contributed by atoms with Crippen LogP contribution in [0.3, 0.4) is 0 Å². The number of methoxy groups -OCH3 is 1. The Balaban J connectivity index is 0.00000151. The number of fused-ring (bicyclic) bond motifs is 1. The van der Waals surface area contributed by atoms with Crippen LogP contribution in [0.15, 0.2) is 31.4 Å². The summed E-state index contributed by atoms with van der Waals surface area (Å²) >= 11 is 1.38. The number of benzene rings is 1. The van der Waals surface area contributed by atoms with Gasteiger partial charge in [-0.05, 0) is 0 Å². The fraction of sp³-hybridized carbons (Fsp3) is 0.389. The van der Waals surface area contributed by atoms with Gasteiger partial charge in [0.1, 0.15) is 0 Å². The van der Waals surface area contributed by atoms with Crippen molar-refractivity contribution in [3.63, 3.8) is 0 Å². The molecule has 0 radical (unpaired) electrons. The van der Waals surface area contributed by atoms with Crippen LogP contribution < -0.4 is 15.4 Å². The molecular weight excluding hydrogens is 490 g/mol. The van der Waals surface area contributed by atoms with Crippen LogP contribution in [0.1, 0.15) is 31.4 Å². The second kappa shape index (κ2) is 10.3. The second-order valence-corrected chi connectivity index (χ2v) is 6.86. The van der Waals surface area contributed by atoms with Crippen molar-refractivity contribution in [3.05, 3.63) is 42.5 Å². The average Bonchev–Trinajstić information content (AvgIpc) is 2.90. The average molecular weight is 515 g/mol. The van der Waals surface area contributed by atoms with Gasteiger partial charge in [-0.3, -0.25) is 0 Å². The fourth-order valence-corrected chi connectivity index (χ4v) is 3.72. The van der Waals surface area contributed by atoms with E-state index in [1.807, 2.05) is 13.0 Å². The van der Waals surface area contributed by atoms with Crippen molar-refractivity contribution in [3.8, 4) is 5.75 Å². The Hall–Kier alpha value is -1.78. The first-order valence-corrected chi connectivity index (χ1v) is 9.45. The zero-order chi connectivity index (χ0) is 19.0. The van der Waals surface area contributed by atoms with Gasteiger partial charge in [0.15, 0.2) is 0 Å². The number of hydrogen-bond acceptors (Lipinski definition) is 4. The number of urea groups is 1. The van der Waals surface area contributed by atoms with E-state index in [9.17, 15) is 9.59 Å². The van der Waals surface area contributed by atoms with Crippen LogP contribution >= 0.6 is 0 Å². The molecule has 1 heterocycles. The Kier molecular flexibility index (Phi) is 8.73. The third-order valence-electron chi connectivity index (χ3n) is 3.75. The minimum atomic E-state index is -0.437. The molecule has 1 aromatic carbocycles. The molecule has 2 rings (SSSR count). The van der Waals surface area contributed by atoms with Crippen LogP contribution in [0.2, 0.25) is 0 Å². The van der Waals surface area contributed by atoms with E-state index in [0.29, 0.717) is 0 Å². The molecule has 0 saturated carbocycles. The van der Waals surface area contributed by atoms with E-state index in [1.165, 1.54) is 41.4 Å². The van der Waals surface area contributed by atoms with Gasteiger partial charge in [-0.1, -0.05) is 0 Å². The number of rotatable bonds is 5. The predicted octanol–water partition coefficient (Wildman–Crippen LogP) is 1.96. The number of nitrogens with zero attached hydrogens (tertiary/aromatic N) is 1. The molecule has 0 aliphatic carbocycles. The van der Waals surface area contributed by atoms with Crippen molar-refractivity contribution in [2.75, 3.05) is 13.7 Å². The van der Waals surface area contributed by atoms with Crippen LogP contribution in [-0.2, 0) is 30.7 Å². The maximum absolute atomic E-state index is 11.7. The Morgan fingerprint density at radius 2 is 2.08 bits per heavy atom. The summed E-state index contributed by atoms with van der Waals surface area (Å²) in [6, 6.07) is 5.68. The summed E-state index contributed by atoms with van der Waals surface area (Å²) in [5.74, 6) is 0.501. The van der Waals surface area contributed by atoms with E-state index < -0.39 is 6.03 Å². The molecule has 0 spiro atoms. The SMILES string of the molecule is C=C.CC[C@H](CN1Cc2ccc(OC)cc2[C]1=[W])NC(=O)NC(C)=O. The molecule has 3 amide bonds. The number of carbonyl (C=O) groups is 2. The zero-order valence-electron chi connectivity index (χ0n) is 14.9. The normalized spacial score (nSPS) is 14.0. The van der Waals surface area contributed by atoms with Gasteiger partial charge in [-0.15, -0.1) is 13.2 Å². The van der Waals surface area contributed by atoms with Crippen LogP contribution in [-0.4, -0.2) is 40.6 Å². The molecule has 25 heavy (non-hydrogen) atoms. The third-order valence-corrected chi connectivity index (χ3v) is 5.47. The van der Waals surface area contributed by atoms with Crippen molar-refractivity contribution in [1.82, 2.24) is 15.5 Å². The molecule has 0 fully saturated rings. The van der Waals surface area contributed by atoms with E-state index in [4.69, 9.17) is 4.74 Å². The standard InChI is InChI=1S/C16H21N3O3.C2H4.W/c1-4-14(18-16(21)17-11(2)20)10-19-8-12-5-6-15(22-3)7-13(12)9-19;1-2;/h5-7,14H,4,8,10H2,1-3H3,(H2,17,18,20,21);1-2H2;/t14-;;/m1../s1. The summed E-state index contributed by atoms with van der Waals surface area (Å²) in [5.41, 5.74) is 2.50. The van der Waals surface area contributed by atoms with E-state index >= 15 is 0 Å². The second-order valence-electron chi connectivity index (χ2n) is 5.47. The molecule has 1 aliphatic heterocycles. The molecule has 0 bridgehead atoms. The molecule has 1 atom stereocenters. The summed E-state index contributed by atoms with van der Waals surface area (Å²) in [5, 5.41) is 5.10. The number of hydrogen-bond donors (Lipinski definition) is 2. The summed E-state index contributed by atoms with van der Waals surface area (Å²) in [7, 11) is 1.67. The molecule has 6 nitrogen and oxygen atoms in total. The minimum absolute atomic E-state index is 0.0140. The van der Waals surface area contributed by atoms with Crippen molar-refractivity contribution in [2.45, 2.75) is 32.9 Å². The zero-order valence-corrected chi connectivity index (χ0v) is 17.9. The topological polar surface area (TPSA) is 70.7 Å². The summed E-state index contributed by atoms with van der Waals surface area (Å²) in [4.78, 5) is 24.9. The summed E-state index contributed by atoms with van der Waals surface area (Å²) in [6.07, 6.45) is 0.796. The molecule has 0 aromatic heterocycles. The first-order valence-electron chi connectivity index (χ1n) is 7.98. The van der Waals surface area contributed by atoms with Crippen molar-refractivity contribution < 1.29 is 33.7 Å². The Bertz CT molecular complexity index is 648. The quantitative estimate of drug-likeness (QED) is 0.589. The van der Waals surface area contributed by atoms with Crippen molar-refractivity contribution >= 4 is 16.0 Å². The molecule has 0 saturated heterocycles. The van der Waals surface area contributed by atoms with E-state index in [2.05, 4.69) is 40.8 Å². The first kappa shape index (κ1) is 21.3. The number of nitrogens with one attached hydrogen (secondary N) is 2. The van der Waals surface area contributed by atoms with Gasteiger partial charge >= 0.3 is 147 Å². The van der Waals surface area contributed by atoms with Gasteiger partial charge in [0, 0.05) is 0 Å². The maximum atomic E-state index is 11.7. The molecule has 1 aromatic rings. The van der Waals surface area contributed by atoms with Crippen LogP contribution in [0.5, 0.6) is 5.75 Å². The number of carbonyl (C=O) groups excluding carboxylic acids is 2. The van der Waals surface area contributed by atoms with Crippen molar-refractivity contribution in [2.24, 2.45) is 0 Å². The molecule has 0 unspecified atom stereocenters. The predicted molar refractivity (Wildman–Crippen MR) is 95.2 cm³/mol. The first-order chi connectivity index (χ1) is 11.9. The van der Waals surface area contributed by atoms with Gasteiger partial charge in [0.2, 0.25) is 0 Å². The molecule has 136 valence electrons. The monoisotopic (exact) mass is 515 g/mol. The number of amides is 3. The van der Waals surface area contributed by atoms with Gasteiger partial charge < -0.3 is 0 Å². The van der Waals surface area contributed by atoms with Crippen LogP contribution in [0, 0.1) is 0 Å². The van der Waals surface area contributed by atoms with Gasteiger partial charge in [-0.25, -0.2) is 0 Å². The Morgan fingerprint density at radius 3 is 2.64 bits per heavy atom. The molecule has 7 heteroatoms. The number of imide groups is 1. The molecular formula is C18H25N3O3W. The van der Waals surface area contributed by atoms with Gasteiger partial charge in [0.25, 0.3) is 0 Å². The van der Waals surface area contributed by atoms with E-state index in [-0.39, 0.29) is 11.9 Å². The van der Waals surface area contributed by atoms with E-state index in [0.717, 1.165) is 25.3 Å². The van der Waals surface area contributed by atoms with Crippen molar-refractivity contribution in [1.29, 1.82) is 0 Å². The molecule has 2 N–H and O–H groups in total. The van der Waals surface area contributed by atoms with E-state index in [1.54, 1.807) is 7.11 Å². The summed E-state index contributed by atoms with van der Waals surface area (Å²) < 4.78 is 6.55. The number of ether oxygens (including phenoxy) is 1. The van der Waals surface area contributed by atoms with Crippen LogP contribution in [0.25, 0.3) is 0 Å². The van der Waals surface area contributed by atoms with Gasteiger partial charge in [0.05, 0.1) is 0 Å². The summed E-state index contributed by atoms with van der Waals surface area (Å²) in [6.45, 7) is 10.9. The Morgan fingerprint density at radius 1 is 1.40 bits per heavy atom. The third kappa shape index (κ3) is 5.91.